The first-order chi connectivity index (χ1) is 26.3. The van der Waals surface area contributed by atoms with Gasteiger partial charge in [-0.2, -0.15) is 0 Å². The maximum Gasteiger partial charge on any atom is 0.472 e. The number of allylic oxidation sites excluding steroid dienone is 14. The van der Waals surface area contributed by atoms with Gasteiger partial charge in [0.2, 0.25) is 0 Å². The van der Waals surface area contributed by atoms with E-state index in [0.29, 0.717) is 6.42 Å². The molecule has 0 saturated carbocycles. The number of hydrogen-bond donors (Lipinski definition) is 1. The lowest BCUT2D eigenvalue weighted by Gasteiger charge is -2.19. The minimum Gasteiger partial charge on any atom is -0.462 e. The van der Waals surface area contributed by atoms with Crippen molar-refractivity contribution in [1.29, 1.82) is 0 Å². The van der Waals surface area contributed by atoms with E-state index >= 15 is 0 Å². The van der Waals surface area contributed by atoms with Crippen molar-refractivity contribution in [3.05, 3.63) is 85.1 Å². The molecule has 0 fully saturated rings. The predicted octanol–water partition coefficient (Wildman–Crippen LogP) is 13.1. The van der Waals surface area contributed by atoms with Crippen molar-refractivity contribution in [3.8, 4) is 0 Å². The molecule has 0 rings (SSSR count). The van der Waals surface area contributed by atoms with Gasteiger partial charge in [0.05, 0.1) is 6.61 Å². The minimum atomic E-state index is -4.29. The van der Waals surface area contributed by atoms with Gasteiger partial charge in [-0.1, -0.05) is 157 Å². The molecule has 0 aromatic rings. The molecule has 8 nitrogen and oxygen atoms in total. The molecule has 0 radical (unpaired) electrons. The summed E-state index contributed by atoms with van der Waals surface area (Å²) in [7, 11) is -3.24. The molecule has 2 atom stereocenters. The van der Waals surface area contributed by atoms with Crippen molar-refractivity contribution in [2.24, 2.45) is 0 Å². The van der Waals surface area contributed by atoms with Gasteiger partial charge in [0.25, 0.3) is 0 Å². The minimum absolute atomic E-state index is 0.114. The molecule has 0 heterocycles. The lowest BCUT2D eigenvalue weighted by molar-refractivity contribution is -0.161. The Hall–Kier alpha value is -2.77. The number of carbonyl (C=O) groups excluding carboxylic acids is 2. The van der Waals surface area contributed by atoms with Crippen LogP contribution in [0.2, 0.25) is 0 Å². The van der Waals surface area contributed by atoms with Crippen LogP contribution in [0.5, 0.6) is 0 Å². The lowest BCUT2D eigenvalue weighted by atomic mass is 10.1. The average molecular weight is 775 g/mol. The van der Waals surface area contributed by atoms with Crippen LogP contribution < -0.4 is 0 Å². The van der Waals surface area contributed by atoms with Gasteiger partial charge in [-0.25, -0.2) is 4.57 Å². The van der Waals surface area contributed by atoms with Crippen LogP contribution in [0.15, 0.2) is 85.1 Å². The van der Waals surface area contributed by atoms with Gasteiger partial charge in [0.1, 0.15) is 6.61 Å². The molecule has 9 heteroatoms. The van der Waals surface area contributed by atoms with E-state index in [-0.39, 0.29) is 19.4 Å². The highest BCUT2D eigenvalue weighted by Crippen LogP contribution is 2.42. The normalized spacial score (nSPS) is 14.2. The highest BCUT2D eigenvalue weighted by Gasteiger charge is 2.24. The molecule has 0 spiro atoms. The zero-order valence-electron chi connectivity index (χ0n) is 34.1. The molecular formula is C45H75O8P. The van der Waals surface area contributed by atoms with E-state index in [2.05, 4.69) is 91.3 Å². The van der Waals surface area contributed by atoms with E-state index < -0.39 is 32.5 Å². The monoisotopic (exact) mass is 775 g/mol. The maximum absolute atomic E-state index is 12.5. The van der Waals surface area contributed by atoms with Gasteiger partial charge in [-0.05, 0) is 77.0 Å². The molecule has 0 aliphatic heterocycles. The van der Waals surface area contributed by atoms with Crippen molar-refractivity contribution >= 4 is 19.8 Å². The van der Waals surface area contributed by atoms with Crippen molar-refractivity contribution < 1.29 is 37.6 Å². The third-order valence-corrected chi connectivity index (χ3v) is 9.32. The Kier molecular flexibility index (Phi) is 37.9. The fraction of sp³-hybridized carbons (Fsp3) is 0.644. The molecule has 0 aliphatic carbocycles. The van der Waals surface area contributed by atoms with Crippen LogP contribution in [-0.2, 0) is 32.7 Å². The quantitative estimate of drug-likeness (QED) is 0.0288. The summed E-state index contributed by atoms with van der Waals surface area (Å²) in [5.74, 6) is -0.918. The van der Waals surface area contributed by atoms with Crippen LogP contribution in [0.4, 0.5) is 0 Å². The van der Waals surface area contributed by atoms with Crippen LogP contribution in [0.1, 0.15) is 162 Å². The second kappa shape index (κ2) is 39.9. The molecule has 2 unspecified atom stereocenters. The summed E-state index contributed by atoms with van der Waals surface area (Å²) in [6.45, 7) is 3.69. The summed E-state index contributed by atoms with van der Waals surface area (Å²) in [5.41, 5.74) is 0. The first kappa shape index (κ1) is 51.2. The van der Waals surface area contributed by atoms with E-state index in [0.717, 1.165) is 84.2 Å². The van der Waals surface area contributed by atoms with Crippen LogP contribution >= 0.6 is 7.82 Å². The summed E-state index contributed by atoms with van der Waals surface area (Å²) < 4.78 is 31.9. The SMILES string of the molecule is CC/C=C\C/C=C\C/C=C\C/C=C\C/C=C\C/C=C\CCC(=O)OC(COC(=O)CCCCCCC/C=C\CCCCCCCCC)COP(=O)(O)OC. The van der Waals surface area contributed by atoms with Gasteiger partial charge in [0, 0.05) is 20.0 Å². The highest BCUT2D eigenvalue weighted by molar-refractivity contribution is 7.47. The number of unbranched alkanes of at least 4 members (excludes halogenated alkanes) is 12. The van der Waals surface area contributed by atoms with Gasteiger partial charge < -0.3 is 14.4 Å². The molecule has 0 saturated heterocycles. The van der Waals surface area contributed by atoms with Gasteiger partial charge in [-0.15, -0.1) is 0 Å². The standard InChI is InChI=1S/C45H75O8P/c1-4-6-8-10-12-14-16-18-20-22-23-24-26-28-30-32-34-36-38-40-45(47)53-43(42-52-54(48,49)50-3)41-51-44(46)39-37-35-33-31-29-27-25-21-19-17-15-13-11-9-7-5-2/h6,8,12,14,18,20-21,23-25,28,30,34,36,43H,4-5,7,9-11,13,15-17,19,22,26-27,29,31-33,35,37-42H2,1-3H3,(H,48,49)/b8-6-,14-12-,20-18-,24-23-,25-21-,30-28-,36-34-. The zero-order chi connectivity index (χ0) is 39.6. The molecule has 0 amide bonds. The van der Waals surface area contributed by atoms with Gasteiger partial charge >= 0.3 is 19.8 Å². The summed E-state index contributed by atoms with van der Waals surface area (Å²) in [5, 5.41) is 0. The van der Waals surface area contributed by atoms with Gasteiger partial charge in [0.15, 0.2) is 6.10 Å². The molecule has 54 heavy (non-hydrogen) atoms. The number of esters is 2. The molecule has 0 aromatic heterocycles. The van der Waals surface area contributed by atoms with Gasteiger partial charge in [-0.3, -0.25) is 18.6 Å². The Balaban J connectivity index is 4.18. The Bertz CT molecular complexity index is 1150. The summed E-state index contributed by atoms with van der Waals surface area (Å²) in [6.07, 6.45) is 52.2. The number of phosphoric acid groups is 1. The first-order valence-corrected chi connectivity index (χ1v) is 22.3. The number of ether oxygens (including phenoxy) is 2. The fourth-order valence-corrected chi connectivity index (χ4v) is 5.67. The topological polar surface area (TPSA) is 108 Å². The van der Waals surface area contributed by atoms with Crippen molar-refractivity contribution in [3.63, 3.8) is 0 Å². The second-order valence-electron chi connectivity index (χ2n) is 13.4. The van der Waals surface area contributed by atoms with Crippen molar-refractivity contribution in [2.75, 3.05) is 20.3 Å². The number of phosphoric ester groups is 1. The van der Waals surface area contributed by atoms with E-state index in [1.165, 1.54) is 51.4 Å². The molecule has 308 valence electrons. The highest BCUT2D eigenvalue weighted by atomic mass is 31.2. The third-order valence-electron chi connectivity index (χ3n) is 8.39. The zero-order valence-corrected chi connectivity index (χ0v) is 35.0. The van der Waals surface area contributed by atoms with Crippen molar-refractivity contribution in [2.45, 2.75) is 168 Å². The van der Waals surface area contributed by atoms with E-state index in [9.17, 15) is 19.0 Å². The Morgan fingerprint density at radius 3 is 1.48 bits per heavy atom. The average Bonchev–Trinajstić information content (AvgIpc) is 3.16. The maximum atomic E-state index is 12.5. The largest absolute Gasteiger partial charge is 0.472 e. The van der Waals surface area contributed by atoms with E-state index in [1.807, 2.05) is 12.2 Å². The molecule has 1 N–H and O–H groups in total. The molecule has 0 aliphatic rings. The first-order valence-electron chi connectivity index (χ1n) is 20.8. The smallest absolute Gasteiger partial charge is 0.462 e. The van der Waals surface area contributed by atoms with E-state index in [4.69, 9.17) is 14.0 Å². The number of hydrogen-bond acceptors (Lipinski definition) is 7. The fourth-order valence-electron chi connectivity index (χ4n) is 5.21. The molecule has 0 bridgehead atoms. The summed E-state index contributed by atoms with van der Waals surface area (Å²) >= 11 is 0. The van der Waals surface area contributed by atoms with Crippen LogP contribution in [0, 0.1) is 0 Å². The molecular weight excluding hydrogens is 699 g/mol. The van der Waals surface area contributed by atoms with Crippen LogP contribution in [0.3, 0.4) is 0 Å². The number of carbonyl (C=O) groups is 2. The van der Waals surface area contributed by atoms with E-state index in [1.54, 1.807) is 0 Å². The lowest BCUT2D eigenvalue weighted by Crippen LogP contribution is -2.29. The van der Waals surface area contributed by atoms with Crippen LogP contribution in [0.25, 0.3) is 0 Å². The van der Waals surface area contributed by atoms with Crippen molar-refractivity contribution in [1.82, 2.24) is 0 Å². The predicted molar refractivity (Wildman–Crippen MR) is 225 cm³/mol. The Labute approximate surface area is 329 Å². The summed E-state index contributed by atoms with van der Waals surface area (Å²) in [6, 6.07) is 0. The summed E-state index contributed by atoms with van der Waals surface area (Å²) in [4.78, 5) is 34.4. The third kappa shape index (κ3) is 38.9. The Morgan fingerprint density at radius 1 is 0.537 bits per heavy atom. The second-order valence-corrected chi connectivity index (χ2v) is 14.9. The number of rotatable bonds is 37. The Morgan fingerprint density at radius 2 is 0.981 bits per heavy atom. The van der Waals surface area contributed by atoms with Crippen LogP contribution in [-0.4, -0.2) is 43.3 Å². The molecule has 0 aromatic carbocycles.